The molecule has 0 aromatic heterocycles. The van der Waals surface area contributed by atoms with Crippen LogP contribution in [0.25, 0.3) is 0 Å². The molecule has 0 saturated heterocycles. The fraction of sp³-hybridized carbons (Fsp3) is 0.182. The second-order valence-corrected chi connectivity index (χ2v) is 6.43. The molecule has 2 aromatic rings. The highest BCUT2D eigenvalue weighted by Gasteiger charge is 2.38. The minimum atomic E-state index is -0.812. The number of hydrogen-bond donors (Lipinski definition) is 0. The molecule has 2 amide bonds. The number of rotatable bonds is 5. The lowest BCUT2D eigenvalue weighted by Gasteiger charge is -2.29. The van der Waals surface area contributed by atoms with E-state index in [4.69, 9.17) is 0 Å². The number of nitrogens with zero attached hydrogens (tertiary/aromatic N) is 3. The Morgan fingerprint density at radius 1 is 1.14 bits per heavy atom. The molecule has 0 spiro atoms. The third-order valence-electron chi connectivity index (χ3n) is 4.63. The number of carbonyl (C=O) groups is 2. The normalized spacial score (nSPS) is 17.3. The Kier molecular flexibility index (Phi) is 5.75. The number of benzene rings is 2. The summed E-state index contributed by atoms with van der Waals surface area (Å²) in [6.07, 6.45) is 1.90. The van der Waals surface area contributed by atoms with Crippen LogP contribution in [-0.4, -0.2) is 29.5 Å². The predicted octanol–water partition coefficient (Wildman–Crippen LogP) is 3.60. The van der Waals surface area contributed by atoms with Crippen molar-refractivity contribution in [3.8, 4) is 6.07 Å². The van der Waals surface area contributed by atoms with E-state index in [-0.39, 0.29) is 17.9 Å². The van der Waals surface area contributed by atoms with Crippen LogP contribution in [0.2, 0.25) is 0 Å². The highest BCUT2D eigenvalue weighted by atomic mass is 19.1. The minimum absolute atomic E-state index is 0.0387. The molecule has 0 aliphatic carbocycles. The van der Waals surface area contributed by atoms with Gasteiger partial charge in [-0.15, -0.1) is 0 Å². The summed E-state index contributed by atoms with van der Waals surface area (Å²) in [5, 5.41) is 9.40. The van der Waals surface area contributed by atoms with Gasteiger partial charge in [-0.1, -0.05) is 30.3 Å². The molecule has 0 N–H and O–H groups in total. The van der Waals surface area contributed by atoms with E-state index >= 15 is 0 Å². The summed E-state index contributed by atoms with van der Waals surface area (Å²) in [5.74, 6) is -2.18. The number of aliphatic imine (C=N–C) groups is 1. The fourth-order valence-electron chi connectivity index (χ4n) is 3.01. The first kappa shape index (κ1) is 19.2. The van der Waals surface area contributed by atoms with Crippen molar-refractivity contribution in [1.82, 2.24) is 4.90 Å². The van der Waals surface area contributed by atoms with Crippen molar-refractivity contribution in [3.05, 3.63) is 77.1 Å². The molecule has 1 unspecified atom stereocenters. The Labute approximate surface area is 162 Å². The van der Waals surface area contributed by atoms with Crippen LogP contribution in [0, 0.1) is 23.1 Å². The van der Waals surface area contributed by atoms with Crippen molar-refractivity contribution >= 4 is 23.7 Å². The fourth-order valence-corrected chi connectivity index (χ4v) is 3.01. The minimum Gasteiger partial charge on any atom is -0.277 e. The van der Waals surface area contributed by atoms with E-state index in [1.165, 1.54) is 30.5 Å². The molecular formula is C22H18FN3O2. The van der Waals surface area contributed by atoms with Crippen LogP contribution in [0.15, 0.2) is 70.7 Å². The first-order chi connectivity index (χ1) is 13.5. The van der Waals surface area contributed by atoms with Gasteiger partial charge in [0.2, 0.25) is 5.91 Å². The van der Waals surface area contributed by atoms with Crippen LogP contribution in [0.3, 0.4) is 0 Å². The van der Waals surface area contributed by atoms with Crippen molar-refractivity contribution < 1.29 is 14.0 Å². The smallest absolute Gasteiger partial charge is 0.271 e. The first-order valence-corrected chi connectivity index (χ1v) is 8.81. The molecule has 1 heterocycles. The first-order valence-electron chi connectivity index (χ1n) is 8.81. The summed E-state index contributed by atoms with van der Waals surface area (Å²) in [6, 6.07) is 16.9. The van der Waals surface area contributed by atoms with Crippen LogP contribution in [0.4, 0.5) is 10.1 Å². The number of amides is 2. The van der Waals surface area contributed by atoms with E-state index in [0.717, 1.165) is 10.5 Å². The van der Waals surface area contributed by atoms with Gasteiger partial charge in [-0.2, -0.15) is 5.26 Å². The highest BCUT2D eigenvalue weighted by Crippen LogP contribution is 2.25. The van der Waals surface area contributed by atoms with Gasteiger partial charge in [0.25, 0.3) is 5.91 Å². The number of hydrogen-bond acceptors (Lipinski definition) is 4. The molecule has 6 heteroatoms. The summed E-state index contributed by atoms with van der Waals surface area (Å²) < 4.78 is 13.0. The van der Waals surface area contributed by atoms with E-state index in [1.54, 1.807) is 6.92 Å². The van der Waals surface area contributed by atoms with E-state index in [0.29, 0.717) is 17.7 Å². The molecule has 0 bridgehead atoms. The number of nitriles is 1. The topological polar surface area (TPSA) is 73.5 Å². The molecular weight excluding hydrogens is 357 g/mol. The molecule has 0 fully saturated rings. The highest BCUT2D eigenvalue weighted by molar-refractivity contribution is 6.15. The van der Waals surface area contributed by atoms with Crippen molar-refractivity contribution in [1.29, 1.82) is 5.26 Å². The molecule has 0 radical (unpaired) electrons. The lowest BCUT2D eigenvalue weighted by atomic mass is 9.90. The van der Waals surface area contributed by atoms with Crippen LogP contribution in [0.1, 0.15) is 12.5 Å². The van der Waals surface area contributed by atoms with Gasteiger partial charge >= 0.3 is 0 Å². The second-order valence-electron chi connectivity index (χ2n) is 6.43. The number of halogens is 1. The van der Waals surface area contributed by atoms with Gasteiger partial charge in [0.05, 0.1) is 11.6 Å². The maximum atomic E-state index is 13.0. The third kappa shape index (κ3) is 4.04. The summed E-state index contributed by atoms with van der Waals surface area (Å²) in [5.41, 5.74) is 1.81. The molecule has 3 rings (SSSR count). The Bertz CT molecular complexity index is 989. The lowest BCUT2D eigenvalue weighted by Crippen LogP contribution is -2.47. The summed E-state index contributed by atoms with van der Waals surface area (Å²) in [6.45, 7) is 1.77. The van der Waals surface area contributed by atoms with Crippen LogP contribution < -0.4 is 0 Å². The quantitative estimate of drug-likeness (QED) is 0.592. The van der Waals surface area contributed by atoms with Gasteiger partial charge in [-0.3, -0.25) is 19.5 Å². The molecule has 5 nitrogen and oxygen atoms in total. The van der Waals surface area contributed by atoms with E-state index in [2.05, 4.69) is 4.99 Å². The van der Waals surface area contributed by atoms with E-state index in [1.807, 2.05) is 36.4 Å². The van der Waals surface area contributed by atoms with Gasteiger partial charge in [0.1, 0.15) is 17.5 Å². The molecule has 1 aliphatic rings. The zero-order chi connectivity index (χ0) is 20.1. The van der Waals surface area contributed by atoms with Crippen LogP contribution in [0.5, 0.6) is 0 Å². The maximum Gasteiger partial charge on any atom is 0.271 e. The van der Waals surface area contributed by atoms with Crippen molar-refractivity contribution in [3.63, 3.8) is 0 Å². The van der Waals surface area contributed by atoms with Gasteiger partial charge in [-0.05, 0) is 48.7 Å². The largest absolute Gasteiger partial charge is 0.277 e. The SMILES string of the molecule is CC1=C(C#N)C(=O)N(CCc2ccccc2)C(=O)C1C=Nc1ccc(F)cc1. The van der Waals surface area contributed by atoms with Gasteiger partial charge in [0, 0.05) is 12.8 Å². The Morgan fingerprint density at radius 2 is 1.82 bits per heavy atom. The van der Waals surface area contributed by atoms with Gasteiger partial charge in [-0.25, -0.2) is 4.39 Å². The molecule has 1 aliphatic heterocycles. The van der Waals surface area contributed by atoms with Crippen LogP contribution >= 0.6 is 0 Å². The maximum absolute atomic E-state index is 13.0. The lowest BCUT2D eigenvalue weighted by molar-refractivity contribution is -0.144. The van der Waals surface area contributed by atoms with E-state index in [9.17, 15) is 19.2 Å². The molecule has 28 heavy (non-hydrogen) atoms. The molecule has 0 saturated carbocycles. The van der Waals surface area contributed by atoms with E-state index < -0.39 is 17.7 Å². The zero-order valence-corrected chi connectivity index (χ0v) is 15.3. The zero-order valence-electron chi connectivity index (χ0n) is 15.3. The van der Waals surface area contributed by atoms with Gasteiger partial charge in [0.15, 0.2) is 0 Å². The summed E-state index contributed by atoms with van der Waals surface area (Å²) >= 11 is 0. The predicted molar refractivity (Wildman–Crippen MR) is 103 cm³/mol. The van der Waals surface area contributed by atoms with Crippen molar-refractivity contribution in [2.45, 2.75) is 13.3 Å². The second kappa shape index (κ2) is 8.40. The number of imide groups is 1. The average molecular weight is 375 g/mol. The Hall–Kier alpha value is -3.59. The van der Waals surface area contributed by atoms with Gasteiger partial charge < -0.3 is 0 Å². The molecule has 140 valence electrons. The third-order valence-corrected chi connectivity index (χ3v) is 4.63. The Morgan fingerprint density at radius 3 is 2.46 bits per heavy atom. The van der Waals surface area contributed by atoms with Crippen molar-refractivity contribution in [2.75, 3.05) is 6.54 Å². The van der Waals surface area contributed by atoms with Crippen molar-refractivity contribution in [2.24, 2.45) is 10.9 Å². The number of carbonyl (C=O) groups excluding carboxylic acids is 2. The van der Waals surface area contributed by atoms with Crippen LogP contribution in [-0.2, 0) is 16.0 Å². The summed E-state index contributed by atoms with van der Waals surface area (Å²) in [7, 11) is 0. The summed E-state index contributed by atoms with van der Waals surface area (Å²) in [4.78, 5) is 30.8. The molecule has 2 aromatic carbocycles. The average Bonchev–Trinajstić information content (AvgIpc) is 2.70. The monoisotopic (exact) mass is 375 g/mol. The molecule has 1 atom stereocenters. The Balaban J connectivity index is 1.85. The standard InChI is InChI=1S/C22H18FN3O2/c1-15-19(13-24)21(27)26(12-11-16-5-3-2-4-6-16)22(28)20(15)14-25-18-9-7-17(23)8-10-18/h2-10,14,20H,11-12H2,1H3.